The number of nitrogens with one attached hydrogen (secondary N) is 2. The maximum atomic E-state index is 12.1. The fraction of sp³-hybridized carbons (Fsp3) is 0.438. The van der Waals surface area contributed by atoms with Crippen LogP contribution < -0.4 is 10.0 Å². The minimum atomic E-state index is -3.67. The van der Waals surface area contributed by atoms with E-state index in [0.29, 0.717) is 16.1 Å². The highest BCUT2D eigenvalue weighted by atomic mass is 35.5. The number of anilines is 1. The van der Waals surface area contributed by atoms with Crippen molar-refractivity contribution in [1.29, 1.82) is 0 Å². The minimum Gasteiger partial charge on any atom is -0.300 e. The Bertz CT molecular complexity index is 837. The van der Waals surface area contributed by atoms with Gasteiger partial charge < -0.3 is 5.32 Å². The van der Waals surface area contributed by atoms with Gasteiger partial charge in [0.15, 0.2) is 0 Å². The van der Waals surface area contributed by atoms with Crippen LogP contribution in [0.1, 0.15) is 44.0 Å². The van der Waals surface area contributed by atoms with Crippen LogP contribution in [0.4, 0.5) is 5.13 Å². The Hall–Kier alpha value is -1.55. The van der Waals surface area contributed by atoms with Gasteiger partial charge in [0.1, 0.15) is 5.01 Å². The van der Waals surface area contributed by atoms with E-state index in [1.54, 1.807) is 0 Å². The molecule has 0 saturated carbocycles. The van der Waals surface area contributed by atoms with E-state index in [4.69, 9.17) is 11.6 Å². The standard InChI is InChI=1S/C16H21ClN4O3S2/c1-3-4-11(2)15-20-21-16(25-15)19-14(22)9-10-18-26(23,24)13-7-5-12(17)6-8-13/h5-8,11,18H,3-4,9-10H2,1-2H3,(H,19,21,22). The van der Waals surface area contributed by atoms with Gasteiger partial charge in [-0.25, -0.2) is 13.1 Å². The van der Waals surface area contributed by atoms with Crippen LogP contribution in [-0.4, -0.2) is 31.1 Å². The summed E-state index contributed by atoms with van der Waals surface area (Å²) in [5.74, 6) is -0.0241. The van der Waals surface area contributed by atoms with Crippen LogP contribution in [-0.2, 0) is 14.8 Å². The lowest BCUT2D eigenvalue weighted by Crippen LogP contribution is -2.27. The van der Waals surface area contributed by atoms with Gasteiger partial charge in [0.2, 0.25) is 21.1 Å². The summed E-state index contributed by atoms with van der Waals surface area (Å²) in [6.07, 6.45) is 2.05. The lowest BCUT2D eigenvalue weighted by Gasteiger charge is -2.06. The molecule has 0 saturated heterocycles. The van der Waals surface area contributed by atoms with Crippen molar-refractivity contribution in [2.24, 2.45) is 0 Å². The third kappa shape index (κ3) is 6.01. The predicted octanol–water partition coefficient (Wildman–Crippen LogP) is 3.40. The Labute approximate surface area is 162 Å². The zero-order valence-corrected chi connectivity index (χ0v) is 16.9. The van der Waals surface area contributed by atoms with Crippen LogP contribution >= 0.6 is 22.9 Å². The smallest absolute Gasteiger partial charge is 0.240 e. The van der Waals surface area contributed by atoms with E-state index in [9.17, 15) is 13.2 Å². The van der Waals surface area contributed by atoms with Gasteiger partial charge in [0, 0.05) is 23.9 Å². The van der Waals surface area contributed by atoms with Crippen molar-refractivity contribution < 1.29 is 13.2 Å². The van der Waals surface area contributed by atoms with Crippen LogP contribution in [0.5, 0.6) is 0 Å². The highest BCUT2D eigenvalue weighted by Gasteiger charge is 2.15. The Morgan fingerprint density at radius 2 is 1.96 bits per heavy atom. The summed E-state index contributed by atoms with van der Waals surface area (Å²) in [7, 11) is -3.67. The zero-order valence-electron chi connectivity index (χ0n) is 14.5. The van der Waals surface area contributed by atoms with E-state index in [1.165, 1.54) is 35.6 Å². The van der Waals surface area contributed by atoms with Crippen LogP contribution in [0, 0.1) is 0 Å². The van der Waals surface area contributed by atoms with Gasteiger partial charge in [0.25, 0.3) is 0 Å². The predicted molar refractivity (Wildman–Crippen MR) is 103 cm³/mol. The average molecular weight is 417 g/mol. The maximum absolute atomic E-state index is 12.1. The average Bonchev–Trinajstić information content (AvgIpc) is 3.04. The summed E-state index contributed by atoms with van der Waals surface area (Å²) in [5.41, 5.74) is 0. The Balaban J connectivity index is 1.82. The Morgan fingerprint density at radius 1 is 1.27 bits per heavy atom. The van der Waals surface area contributed by atoms with E-state index in [2.05, 4.69) is 34.1 Å². The van der Waals surface area contributed by atoms with E-state index in [1.807, 2.05) is 0 Å². The molecule has 2 N–H and O–H groups in total. The number of benzene rings is 1. The van der Waals surface area contributed by atoms with Gasteiger partial charge >= 0.3 is 0 Å². The molecule has 0 aliphatic carbocycles. The first kappa shape index (κ1) is 20.8. The monoisotopic (exact) mass is 416 g/mol. The van der Waals surface area contributed by atoms with Crippen molar-refractivity contribution in [3.8, 4) is 0 Å². The Kier molecular flexibility index (Phi) is 7.51. The summed E-state index contributed by atoms with van der Waals surface area (Å²) >= 11 is 7.09. The molecule has 1 atom stereocenters. The van der Waals surface area contributed by atoms with Gasteiger partial charge in [-0.15, -0.1) is 10.2 Å². The van der Waals surface area contributed by atoms with Crippen LogP contribution in [0.2, 0.25) is 5.02 Å². The van der Waals surface area contributed by atoms with Gasteiger partial charge in [-0.3, -0.25) is 4.79 Å². The number of amides is 1. The molecule has 1 heterocycles. The van der Waals surface area contributed by atoms with Crippen molar-refractivity contribution in [3.63, 3.8) is 0 Å². The second-order valence-electron chi connectivity index (χ2n) is 5.79. The summed E-state index contributed by atoms with van der Waals surface area (Å²) in [6.45, 7) is 4.15. The second-order valence-corrected chi connectivity index (χ2v) is 9.00. The van der Waals surface area contributed by atoms with Crippen molar-refractivity contribution in [1.82, 2.24) is 14.9 Å². The summed E-state index contributed by atoms with van der Waals surface area (Å²) in [6, 6.07) is 5.81. The number of carbonyl (C=O) groups is 1. The second kappa shape index (κ2) is 9.40. The number of rotatable bonds is 9. The molecule has 142 valence electrons. The molecule has 0 aliphatic rings. The van der Waals surface area contributed by atoms with Crippen molar-refractivity contribution in [2.75, 3.05) is 11.9 Å². The molecule has 0 fully saturated rings. The first-order valence-corrected chi connectivity index (χ1v) is 10.9. The summed E-state index contributed by atoms with van der Waals surface area (Å²) < 4.78 is 26.6. The first-order valence-electron chi connectivity index (χ1n) is 8.20. The van der Waals surface area contributed by atoms with E-state index < -0.39 is 10.0 Å². The molecular weight excluding hydrogens is 396 g/mol. The van der Waals surface area contributed by atoms with Gasteiger partial charge in [-0.1, -0.05) is 43.2 Å². The minimum absolute atomic E-state index is 0.00769. The van der Waals surface area contributed by atoms with Crippen molar-refractivity contribution in [3.05, 3.63) is 34.3 Å². The van der Waals surface area contributed by atoms with Gasteiger partial charge in [0.05, 0.1) is 4.90 Å². The molecule has 1 aromatic carbocycles. The number of halogens is 1. The Morgan fingerprint density at radius 3 is 2.62 bits per heavy atom. The number of hydrogen-bond acceptors (Lipinski definition) is 6. The molecule has 0 aliphatic heterocycles. The third-order valence-electron chi connectivity index (χ3n) is 3.60. The van der Waals surface area contributed by atoms with Crippen LogP contribution in [0.15, 0.2) is 29.2 Å². The lowest BCUT2D eigenvalue weighted by molar-refractivity contribution is -0.116. The fourth-order valence-corrected chi connectivity index (χ4v) is 4.22. The number of carbonyl (C=O) groups excluding carboxylic acids is 1. The van der Waals surface area contributed by atoms with Gasteiger partial charge in [-0.2, -0.15) is 0 Å². The molecule has 2 rings (SSSR count). The highest BCUT2D eigenvalue weighted by Crippen LogP contribution is 2.26. The number of sulfonamides is 1. The first-order chi connectivity index (χ1) is 12.3. The summed E-state index contributed by atoms with van der Waals surface area (Å²) in [5, 5.41) is 12.4. The molecular formula is C16H21ClN4O3S2. The molecule has 2 aromatic rings. The number of aromatic nitrogens is 2. The fourth-order valence-electron chi connectivity index (χ4n) is 2.22. The van der Waals surface area contributed by atoms with Crippen molar-refractivity contribution in [2.45, 2.75) is 43.9 Å². The SMILES string of the molecule is CCCC(C)c1nnc(NC(=O)CCNS(=O)(=O)c2ccc(Cl)cc2)s1. The molecule has 1 aromatic heterocycles. The molecule has 0 bridgehead atoms. The topological polar surface area (TPSA) is 101 Å². The van der Waals surface area contributed by atoms with E-state index in [0.717, 1.165) is 17.8 Å². The van der Waals surface area contributed by atoms with Gasteiger partial charge in [-0.05, 0) is 30.7 Å². The molecule has 10 heteroatoms. The quantitative estimate of drug-likeness (QED) is 0.652. The maximum Gasteiger partial charge on any atom is 0.240 e. The molecule has 1 unspecified atom stereocenters. The molecule has 1 amide bonds. The number of nitrogens with zero attached hydrogens (tertiary/aromatic N) is 2. The largest absolute Gasteiger partial charge is 0.300 e. The lowest BCUT2D eigenvalue weighted by atomic mass is 10.1. The van der Waals surface area contributed by atoms with E-state index >= 15 is 0 Å². The highest BCUT2D eigenvalue weighted by molar-refractivity contribution is 7.89. The molecule has 7 nitrogen and oxygen atoms in total. The zero-order chi connectivity index (χ0) is 19.2. The molecule has 0 spiro atoms. The van der Waals surface area contributed by atoms with E-state index in [-0.39, 0.29) is 23.8 Å². The van der Waals surface area contributed by atoms with Crippen molar-refractivity contribution >= 4 is 44.0 Å². The molecule has 26 heavy (non-hydrogen) atoms. The number of hydrogen-bond donors (Lipinski definition) is 2. The third-order valence-corrected chi connectivity index (χ3v) is 6.40. The van der Waals surface area contributed by atoms with Crippen LogP contribution in [0.25, 0.3) is 0 Å². The molecule has 0 radical (unpaired) electrons. The summed E-state index contributed by atoms with van der Waals surface area (Å²) in [4.78, 5) is 12.1. The normalized spacial score (nSPS) is 12.7. The van der Waals surface area contributed by atoms with Crippen LogP contribution in [0.3, 0.4) is 0 Å².